The predicted molar refractivity (Wildman–Crippen MR) is 87.0 cm³/mol. The van der Waals surface area contributed by atoms with Crippen molar-refractivity contribution in [1.29, 1.82) is 0 Å². The van der Waals surface area contributed by atoms with Gasteiger partial charge in [-0.1, -0.05) is 5.16 Å². The van der Waals surface area contributed by atoms with E-state index in [4.69, 9.17) is 8.94 Å². The van der Waals surface area contributed by atoms with Crippen molar-refractivity contribution in [2.45, 2.75) is 26.4 Å². The van der Waals surface area contributed by atoms with Gasteiger partial charge in [0.15, 0.2) is 5.76 Å². The molecule has 24 heavy (non-hydrogen) atoms. The van der Waals surface area contributed by atoms with Gasteiger partial charge in [-0.2, -0.15) is 4.98 Å². The Morgan fingerprint density at radius 1 is 1.29 bits per heavy atom. The van der Waals surface area contributed by atoms with Gasteiger partial charge >= 0.3 is 0 Å². The Morgan fingerprint density at radius 2 is 2.04 bits per heavy atom. The van der Waals surface area contributed by atoms with Crippen LogP contribution in [-0.2, 0) is 11.3 Å². The van der Waals surface area contributed by atoms with E-state index in [0.29, 0.717) is 30.6 Å². The standard InChI is InChI=1S/C16H23N5O3/c1-12(2)17-14(22)10-20-5-7-21(8-6-20)11-15-18-16(19-24-15)13-4-3-9-23-13/h3-4,9,12H,5-8,10-11H2,1-2H3,(H,17,22). The third-order valence-corrected chi connectivity index (χ3v) is 3.85. The summed E-state index contributed by atoms with van der Waals surface area (Å²) >= 11 is 0. The number of aromatic nitrogens is 2. The van der Waals surface area contributed by atoms with Crippen LogP contribution in [-0.4, -0.2) is 64.6 Å². The second-order valence-corrected chi connectivity index (χ2v) is 6.26. The fourth-order valence-electron chi connectivity index (χ4n) is 2.69. The molecule has 0 saturated carbocycles. The molecule has 0 radical (unpaired) electrons. The molecule has 1 aliphatic heterocycles. The molecule has 1 amide bonds. The Morgan fingerprint density at radius 3 is 2.71 bits per heavy atom. The van der Waals surface area contributed by atoms with Gasteiger partial charge < -0.3 is 14.3 Å². The molecule has 0 bridgehead atoms. The van der Waals surface area contributed by atoms with Crippen LogP contribution in [0, 0.1) is 0 Å². The van der Waals surface area contributed by atoms with Gasteiger partial charge in [0.1, 0.15) is 0 Å². The predicted octanol–water partition coefficient (Wildman–Crippen LogP) is 0.972. The van der Waals surface area contributed by atoms with Crippen LogP contribution in [0.4, 0.5) is 0 Å². The average Bonchev–Trinajstić information content (AvgIpc) is 3.19. The molecule has 3 heterocycles. The van der Waals surface area contributed by atoms with E-state index in [2.05, 4.69) is 25.3 Å². The maximum Gasteiger partial charge on any atom is 0.241 e. The van der Waals surface area contributed by atoms with E-state index >= 15 is 0 Å². The van der Waals surface area contributed by atoms with Gasteiger partial charge in [0.2, 0.25) is 17.6 Å². The molecular formula is C16H23N5O3. The van der Waals surface area contributed by atoms with E-state index in [1.807, 2.05) is 13.8 Å². The van der Waals surface area contributed by atoms with Crippen molar-refractivity contribution in [1.82, 2.24) is 25.3 Å². The summed E-state index contributed by atoms with van der Waals surface area (Å²) in [5.74, 6) is 1.73. The van der Waals surface area contributed by atoms with Crippen LogP contribution >= 0.6 is 0 Å². The van der Waals surface area contributed by atoms with Crippen LogP contribution < -0.4 is 5.32 Å². The van der Waals surface area contributed by atoms with Crippen molar-refractivity contribution >= 4 is 5.91 Å². The first-order valence-electron chi connectivity index (χ1n) is 8.20. The zero-order chi connectivity index (χ0) is 16.9. The summed E-state index contributed by atoms with van der Waals surface area (Å²) in [6, 6.07) is 3.77. The first-order valence-corrected chi connectivity index (χ1v) is 8.20. The van der Waals surface area contributed by atoms with Crippen molar-refractivity contribution < 1.29 is 13.7 Å². The molecule has 8 nitrogen and oxygen atoms in total. The molecule has 0 aliphatic carbocycles. The topological polar surface area (TPSA) is 87.6 Å². The first-order chi connectivity index (χ1) is 11.6. The number of carbonyl (C=O) groups is 1. The number of hydrogen-bond acceptors (Lipinski definition) is 7. The van der Waals surface area contributed by atoms with E-state index in [0.717, 1.165) is 26.2 Å². The van der Waals surface area contributed by atoms with E-state index < -0.39 is 0 Å². The molecule has 0 atom stereocenters. The van der Waals surface area contributed by atoms with Gasteiger partial charge in [0.25, 0.3) is 0 Å². The minimum Gasteiger partial charge on any atom is -0.461 e. The summed E-state index contributed by atoms with van der Waals surface area (Å²) in [7, 11) is 0. The van der Waals surface area contributed by atoms with Crippen molar-refractivity contribution in [3.63, 3.8) is 0 Å². The number of carbonyl (C=O) groups excluding carboxylic acids is 1. The zero-order valence-corrected chi connectivity index (χ0v) is 14.1. The Kier molecular flexibility index (Phi) is 5.27. The number of rotatable bonds is 6. The number of piperazine rings is 1. The Hall–Kier alpha value is -2.19. The van der Waals surface area contributed by atoms with Crippen LogP contribution in [0.2, 0.25) is 0 Å². The molecule has 1 N–H and O–H groups in total. The summed E-state index contributed by atoms with van der Waals surface area (Å²) in [5.41, 5.74) is 0. The molecule has 3 rings (SSSR count). The molecule has 1 saturated heterocycles. The highest BCUT2D eigenvalue weighted by Crippen LogP contribution is 2.16. The molecule has 0 aromatic carbocycles. The SMILES string of the molecule is CC(C)NC(=O)CN1CCN(Cc2nc(-c3ccco3)no2)CC1. The van der Waals surface area contributed by atoms with Crippen molar-refractivity contribution in [2.75, 3.05) is 32.7 Å². The fourth-order valence-corrected chi connectivity index (χ4v) is 2.69. The fraction of sp³-hybridized carbons (Fsp3) is 0.562. The van der Waals surface area contributed by atoms with Crippen LogP contribution in [0.5, 0.6) is 0 Å². The summed E-state index contributed by atoms with van der Waals surface area (Å²) in [6.07, 6.45) is 1.58. The molecule has 1 fully saturated rings. The lowest BCUT2D eigenvalue weighted by Crippen LogP contribution is -2.49. The summed E-state index contributed by atoms with van der Waals surface area (Å²) in [5, 5.41) is 6.86. The molecule has 0 unspecified atom stereocenters. The van der Waals surface area contributed by atoms with Gasteiger partial charge in [0.05, 0.1) is 19.4 Å². The van der Waals surface area contributed by atoms with Crippen LogP contribution in [0.15, 0.2) is 27.3 Å². The lowest BCUT2D eigenvalue weighted by molar-refractivity contribution is -0.123. The quantitative estimate of drug-likeness (QED) is 0.843. The maximum atomic E-state index is 11.8. The maximum absolute atomic E-state index is 11.8. The monoisotopic (exact) mass is 333 g/mol. The van der Waals surface area contributed by atoms with Gasteiger partial charge in [-0.05, 0) is 26.0 Å². The van der Waals surface area contributed by atoms with E-state index in [9.17, 15) is 4.79 Å². The summed E-state index contributed by atoms with van der Waals surface area (Å²) in [6.45, 7) is 8.44. The van der Waals surface area contributed by atoms with E-state index in [1.54, 1.807) is 18.4 Å². The largest absolute Gasteiger partial charge is 0.461 e. The molecule has 0 spiro atoms. The average molecular weight is 333 g/mol. The zero-order valence-electron chi connectivity index (χ0n) is 14.1. The Bertz CT molecular complexity index is 644. The molecule has 8 heteroatoms. The molecule has 1 aliphatic rings. The van der Waals surface area contributed by atoms with Crippen LogP contribution in [0.25, 0.3) is 11.6 Å². The van der Waals surface area contributed by atoms with E-state index in [-0.39, 0.29) is 11.9 Å². The lowest BCUT2D eigenvalue weighted by atomic mass is 10.3. The highest BCUT2D eigenvalue weighted by molar-refractivity contribution is 5.78. The van der Waals surface area contributed by atoms with Crippen LogP contribution in [0.1, 0.15) is 19.7 Å². The second-order valence-electron chi connectivity index (χ2n) is 6.26. The van der Waals surface area contributed by atoms with Crippen LogP contribution in [0.3, 0.4) is 0 Å². The van der Waals surface area contributed by atoms with Gasteiger partial charge in [-0.25, -0.2) is 0 Å². The Labute approximate surface area is 140 Å². The van der Waals surface area contributed by atoms with E-state index in [1.165, 1.54) is 0 Å². The number of nitrogens with zero attached hydrogens (tertiary/aromatic N) is 4. The summed E-state index contributed by atoms with van der Waals surface area (Å²) in [4.78, 5) is 20.6. The van der Waals surface area contributed by atoms with Crippen molar-refractivity contribution in [2.24, 2.45) is 0 Å². The molecular weight excluding hydrogens is 310 g/mol. The number of amides is 1. The second kappa shape index (κ2) is 7.59. The number of furan rings is 1. The first kappa shape index (κ1) is 16.7. The van der Waals surface area contributed by atoms with Crippen molar-refractivity contribution in [3.8, 4) is 11.6 Å². The lowest BCUT2D eigenvalue weighted by Gasteiger charge is -2.33. The smallest absolute Gasteiger partial charge is 0.241 e. The molecule has 2 aromatic heterocycles. The van der Waals surface area contributed by atoms with Gasteiger partial charge in [-0.3, -0.25) is 14.6 Å². The van der Waals surface area contributed by atoms with Gasteiger partial charge in [0, 0.05) is 32.2 Å². The Balaban J connectivity index is 1.45. The molecule has 2 aromatic rings. The third-order valence-electron chi connectivity index (χ3n) is 3.85. The number of nitrogens with one attached hydrogen (secondary N) is 1. The van der Waals surface area contributed by atoms with Crippen molar-refractivity contribution in [3.05, 3.63) is 24.3 Å². The normalized spacial score (nSPS) is 16.6. The minimum atomic E-state index is 0.0819. The summed E-state index contributed by atoms with van der Waals surface area (Å²) < 4.78 is 10.5. The van der Waals surface area contributed by atoms with Gasteiger partial charge in [-0.15, -0.1) is 0 Å². The highest BCUT2D eigenvalue weighted by atomic mass is 16.5. The number of hydrogen-bond donors (Lipinski definition) is 1. The minimum absolute atomic E-state index is 0.0819. The molecule has 130 valence electrons. The highest BCUT2D eigenvalue weighted by Gasteiger charge is 2.21. The third kappa shape index (κ3) is 4.42.